The van der Waals surface area contributed by atoms with E-state index in [0.29, 0.717) is 17.2 Å². The number of benzene rings is 1. The number of sulfonamides is 1. The van der Waals surface area contributed by atoms with Crippen LogP contribution in [0.15, 0.2) is 30.5 Å². The summed E-state index contributed by atoms with van der Waals surface area (Å²) in [6.45, 7) is 3.46. The van der Waals surface area contributed by atoms with Crippen LogP contribution in [0, 0.1) is 0 Å². The molecule has 0 radical (unpaired) electrons. The lowest BCUT2D eigenvalue weighted by atomic mass is 10.1. The predicted octanol–water partition coefficient (Wildman–Crippen LogP) is 2.59. The van der Waals surface area contributed by atoms with Gasteiger partial charge in [-0.1, -0.05) is 29.8 Å². The van der Waals surface area contributed by atoms with Gasteiger partial charge in [-0.25, -0.2) is 18.4 Å². The molecule has 1 amide bonds. The van der Waals surface area contributed by atoms with Gasteiger partial charge >= 0.3 is 0 Å². The number of rotatable bonds is 6. The van der Waals surface area contributed by atoms with Gasteiger partial charge in [0.2, 0.25) is 16.0 Å². The van der Waals surface area contributed by atoms with Gasteiger partial charge < -0.3 is 10.2 Å². The molecule has 1 aliphatic heterocycles. The number of carbonyl (C=O) groups is 1. The standard InChI is InChI=1S/C18H22ClN5O3S/c1-12(13-7-3-4-8-15(13)23-28(2,26)27)21-17(25)16-14(19)11-20-18(22-16)24-9-5-6-10-24/h3-4,7-8,11-12,23H,5-6,9-10H2,1-2H3,(H,21,25). The van der Waals surface area contributed by atoms with Gasteiger partial charge in [-0.05, 0) is 31.4 Å². The summed E-state index contributed by atoms with van der Waals surface area (Å²) in [5, 5.41) is 2.99. The zero-order valence-corrected chi connectivity index (χ0v) is 17.2. The average Bonchev–Trinajstić information content (AvgIpc) is 3.15. The van der Waals surface area contributed by atoms with Crippen LogP contribution in [0.5, 0.6) is 0 Å². The summed E-state index contributed by atoms with van der Waals surface area (Å²) in [7, 11) is -3.45. The molecule has 0 bridgehead atoms. The van der Waals surface area contributed by atoms with Crippen molar-refractivity contribution < 1.29 is 13.2 Å². The van der Waals surface area contributed by atoms with Crippen molar-refractivity contribution in [3.8, 4) is 0 Å². The highest BCUT2D eigenvalue weighted by molar-refractivity contribution is 7.92. The third-order valence-corrected chi connectivity index (χ3v) is 5.27. The lowest BCUT2D eigenvalue weighted by Crippen LogP contribution is -2.29. The lowest BCUT2D eigenvalue weighted by Gasteiger charge is -2.19. The summed E-state index contributed by atoms with van der Waals surface area (Å²) in [5.74, 6) is 0.0355. The molecule has 1 aliphatic rings. The Bertz CT molecular complexity index is 977. The Morgan fingerprint density at radius 3 is 2.61 bits per heavy atom. The maximum atomic E-state index is 12.8. The van der Waals surface area contributed by atoms with Crippen molar-refractivity contribution in [3.05, 3.63) is 46.7 Å². The van der Waals surface area contributed by atoms with Gasteiger partial charge in [0, 0.05) is 13.1 Å². The molecule has 10 heteroatoms. The molecule has 1 aromatic heterocycles. The number of para-hydroxylation sites is 1. The number of hydrogen-bond acceptors (Lipinski definition) is 6. The first-order valence-corrected chi connectivity index (χ1v) is 11.2. The first kappa shape index (κ1) is 20.3. The Morgan fingerprint density at radius 2 is 1.93 bits per heavy atom. The minimum Gasteiger partial charge on any atom is -0.344 e. The molecule has 1 aromatic carbocycles. The summed E-state index contributed by atoms with van der Waals surface area (Å²) in [5.41, 5.74) is 1.13. The molecule has 0 saturated carbocycles. The minimum atomic E-state index is -3.45. The van der Waals surface area contributed by atoms with Crippen molar-refractivity contribution in [1.82, 2.24) is 15.3 Å². The molecule has 0 spiro atoms. The zero-order chi connectivity index (χ0) is 20.3. The second-order valence-corrected chi connectivity index (χ2v) is 8.87. The van der Waals surface area contributed by atoms with Crippen LogP contribution in [0.4, 0.5) is 11.6 Å². The van der Waals surface area contributed by atoms with E-state index >= 15 is 0 Å². The zero-order valence-electron chi connectivity index (χ0n) is 15.6. The van der Waals surface area contributed by atoms with Crippen LogP contribution in [0.25, 0.3) is 0 Å². The van der Waals surface area contributed by atoms with Crippen molar-refractivity contribution in [3.63, 3.8) is 0 Å². The largest absolute Gasteiger partial charge is 0.344 e. The third kappa shape index (κ3) is 4.90. The molecule has 8 nitrogen and oxygen atoms in total. The van der Waals surface area contributed by atoms with E-state index in [4.69, 9.17) is 11.6 Å². The Hall–Kier alpha value is -2.39. The summed E-state index contributed by atoms with van der Waals surface area (Å²) in [6, 6.07) is 6.40. The molecule has 0 aliphatic carbocycles. The first-order chi connectivity index (χ1) is 13.2. The SMILES string of the molecule is CC(NC(=O)c1nc(N2CCCC2)ncc1Cl)c1ccccc1NS(C)(=O)=O. The van der Waals surface area contributed by atoms with E-state index in [2.05, 4.69) is 20.0 Å². The van der Waals surface area contributed by atoms with Gasteiger partial charge in [0.1, 0.15) is 0 Å². The minimum absolute atomic E-state index is 0.0963. The van der Waals surface area contributed by atoms with Crippen molar-refractivity contribution in [1.29, 1.82) is 0 Å². The van der Waals surface area contributed by atoms with Crippen LogP contribution in [-0.4, -0.2) is 43.6 Å². The molecule has 2 N–H and O–H groups in total. The van der Waals surface area contributed by atoms with E-state index in [1.54, 1.807) is 31.2 Å². The van der Waals surface area contributed by atoms with E-state index in [1.807, 2.05) is 4.90 Å². The van der Waals surface area contributed by atoms with Crippen LogP contribution in [0.2, 0.25) is 5.02 Å². The van der Waals surface area contributed by atoms with Gasteiger partial charge in [0.15, 0.2) is 5.69 Å². The monoisotopic (exact) mass is 423 g/mol. The second-order valence-electron chi connectivity index (χ2n) is 6.72. The average molecular weight is 424 g/mol. The molecule has 1 fully saturated rings. The Balaban J connectivity index is 1.81. The van der Waals surface area contributed by atoms with Crippen LogP contribution in [0.3, 0.4) is 0 Å². The number of carbonyl (C=O) groups excluding carboxylic acids is 1. The smallest absolute Gasteiger partial charge is 0.272 e. The molecule has 3 rings (SSSR count). The third-order valence-electron chi connectivity index (χ3n) is 4.41. The van der Waals surface area contributed by atoms with Gasteiger partial charge in [-0.15, -0.1) is 0 Å². The fourth-order valence-electron chi connectivity index (χ4n) is 3.10. The highest BCUT2D eigenvalue weighted by Gasteiger charge is 2.22. The molecule has 2 heterocycles. The fourth-order valence-corrected chi connectivity index (χ4v) is 3.86. The van der Waals surface area contributed by atoms with Crippen molar-refractivity contribution in [2.45, 2.75) is 25.8 Å². The summed E-state index contributed by atoms with van der Waals surface area (Å²) >= 11 is 6.15. The van der Waals surface area contributed by atoms with E-state index in [0.717, 1.165) is 32.2 Å². The number of halogens is 1. The number of hydrogen-bond donors (Lipinski definition) is 2. The van der Waals surface area contributed by atoms with Crippen LogP contribution >= 0.6 is 11.6 Å². The molecule has 150 valence electrons. The van der Waals surface area contributed by atoms with Crippen molar-refractivity contribution >= 4 is 39.2 Å². The molecular formula is C18H22ClN5O3S. The van der Waals surface area contributed by atoms with Crippen LogP contribution in [0.1, 0.15) is 41.9 Å². The molecule has 28 heavy (non-hydrogen) atoms. The van der Waals surface area contributed by atoms with Gasteiger partial charge in [-0.2, -0.15) is 0 Å². The Labute approximate surface area is 169 Å². The number of aromatic nitrogens is 2. The molecule has 1 atom stereocenters. The van der Waals surface area contributed by atoms with Gasteiger partial charge in [-0.3, -0.25) is 9.52 Å². The normalized spacial score (nSPS) is 15.3. The van der Waals surface area contributed by atoms with Crippen LogP contribution in [-0.2, 0) is 10.0 Å². The fraction of sp³-hybridized carbons (Fsp3) is 0.389. The maximum absolute atomic E-state index is 12.8. The van der Waals surface area contributed by atoms with Crippen molar-refractivity contribution in [2.24, 2.45) is 0 Å². The van der Waals surface area contributed by atoms with Gasteiger partial charge in [0.05, 0.1) is 29.2 Å². The highest BCUT2D eigenvalue weighted by Crippen LogP contribution is 2.25. The van der Waals surface area contributed by atoms with E-state index < -0.39 is 22.0 Å². The molecular weight excluding hydrogens is 402 g/mol. The predicted molar refractivity (Wildman–Crippen MR) is 109 cm³/mol. The number of amides is 1. The van der Waals surface area contributed by atoms with E-state index in [1.165, 1.54) is 6.20 Å². The molecule has 1 saturated heterocycles. The highest BCUT2D eigenvalue weighted by atomic mass is 35.5. The van der Waals surface area contributed by atoms with Gasteiger partial charge in [0.25, 0.3) is 5.91 Å². The quantitative estimate of drug-likeness (QED) is 0.740. The van der Waals surface area contributed by atoms with E-state index in [9.17, 15) is 13.2 Å². The summed E-state index contributed by atoms with van der Waals surface area (Å²) < 4.78 is 25.6. The number of nitrogens with zero attached hydrogens (tertiary/aromatic N) is 3. The van der Waals surface area contributed by atoms with Crippen LogP contribution < -0.4 is 14.9 Å². The topological polar surface area (TPSA) is 104 Å². The number of nitrogens with one attached hydrogen (secondary N) is 2. The molecule has 1 unspecified atom stereocenters. The lowest BCUT2D eigenvalue weighted by molar-refractivity contribution is 0.0935. The Morgan fingerprint density at radius 1 is 1.25 bits per heavy atom. The Kier molecular flexibility index (Phi) is 6.04. The first-order valence-electron chi connectivity index (χ1n) is 8.89. The van der Waals surface area contributed by atoms with Crippen molar-refractivity contribution in [2.75, 3.05) is 29.0 Å². The summed E-state index contributed by atoms with van der Waals surface area (Å²) in [4.78, 5) is 23.3. The summed E-state index contributed by atoms with van der Waals surface area (Å²) in [6.07, 6.45) is 4.64. The molecule has 2 aromatic rings. The number of anilines is 2. The second kappa shape index (κ2) is 8.32. The van der Waals surface area contributed by atoms with E-state index in [-0.39, 0.29) is 10.7 Å². The maximum Gasteiger partial charge on any atom is 0.272 e.